The van der Waals surface area contributed by atoms with Gasteiger partial charge >= 0.3 is 6.09 Å². The van der Waals surface area contributed by atoms with E-state index in [1.807, 2.05) is 30.3 Å². The average Bonchev–Trinajstić information content (AvgIpc) is 2.58. The van der Waals surface area contributed by atoms with E-state index in [0.29, 0.717) is 5.69 Å². The van der Waals surface area contributed by atoms with Crippen molar-refractivity contribution in [1.82, 2.24) is 10.3 Å². The van der Waals surface area contributed by atoms with Gasteiger partial charge in [-0.25, -0.2) is 9.78 Å². The summed E-state index contributed by atoms with van der Waals surface area (Å²) in [4.78, 5) is 26.5. The number of aromatic nitrogens is 1. The van der Waals surface area contributed by atoms with Gasteiger partial charge in [0.2, 0.25) is 0 Å². The van der Waals surface area contributed by atoms with Gasteiger partial charge in [0.05, 0.1) is 6.54 Å². The van der Waals surface area contributed by atoms with Crippen molar-refractivity contribution in [3.05, 3.63) is 65.5 Å². The smallest absolute Gasteiger partial charge is 0.408 e. The normalized spacial score (nSPS) is 9.39. The number of ether oxygens (including phenoxy) is 1. The van der Waals surface area contributed by atoms with E-state index >= 15 is 0 Å². The van der Waals surface area contributed by atoms with Gasteiger partial charge in [-0.15, -0.1) is 0 Å². The summed E-state index contributed by atoms with van der Waals surface area (Å²) in [6.07, 6.45) is -0.554. The van der Waals surface area contributed by atoms with Gasteiger partial charge in [-0.2, -0.15) is 0 Å². The fourth-order valence-electron chi connectivity index (χ4n) is 1.67. The molecule has 1 aromatic carbocycles. The predicted octanol–water partition coefficient (Wildman–Crippen LogP) is 1.46. The topological polar surface area (TPSA) is 94.3 Å². The lowest BCUT2D eigenvalue weighted by atomic mass is 10.2. The van der Waals surface area contributed by atoms with Crippen LogP contribution in [0.25, 0.3) is 0 Å². The molecule has 6 heteroatoms. The minimum atomic E-state index is -0.615. The zero-order valence-electron chi connectivity index (χ0n) is 12.3. The number of rotatable bonds is 4. The number of nitrogens with one attached hydrogen (secondary N) is 1. The maximum atomic E-state index is 11.5. The molecule has 0 aliphatic carbocycles. The van der Waals surface area contributed by atoms with Gasteiger partial charge in [0.15, 0.2) is 0 Å². The third-order valence-electron chi connectivity index (χ3n) is 2.75. The minimum Gasteiger partial charge on any atom is -0.445 e. The lowest BCUT2D eigenvalue weighted by molar-refractivity contribution is 0.0995. The molecule has 0 fully saturated rings. The highest BCUT2D eigenvalue weighted by Crippen LogP contribution is 2.00. The number of hydrogen-bond acceptors (Lipinski definition) is 4. The Hall–Kier alpha value is -3.33. The van der Waals surface area contributed by atoms with Crippen LogP contribution in [0, 0.1) is 11.8 Å². The van der Waals surface area contributed by atoms with E-state index in [1.54, 1.807) is 12.1 Å². The fraction of sp³-hybridized carbons (Fsp3) is 0.118. The van der Waals surface area contributed by atoms with Crippen molar-refractivity contribution in [3.8, 4) is 11.8 Å². The Bertz CT molecular complexity index is 748. The quantitative estimate of drug-likeness (QED) is 0.836. The van der Waals surface area contributed by atoms with E-state index in [0.717, 1.165) is 5.56 Å². The van der Waals surface area contributed by atoms with Gasteiger partial charge in [0, 0.05) is 0 Å². The van der Waals surface area contributed by atoms with E-state index in [4.69, 9.17) is 10.5 Å². The summed E-state index contributed by atoms with van der Waals surface area (Å²) in [6, 6.07) is 14.2. The summed E-state index contributed by atoms with van der Waals surface area (Å²) in [7, 11) is 0. The number of hydrogen-bond donors (Lipinski definition) is 2. The molecule has 2 aromatic rings. The van der Waals surface area contributed by atoms with Gasteiger partial charge in [-0.05, 0) is 23.6 Å². The molecule has 0 saturated carbocycles. The molecule has 0 saturated heterocycles. The highest BCUT2D eigenvalue weighted by molar-refractivity contribution is 5.90. The third kappa shape index (κ3) is 5.52. The lowest BCUT2D eigenvalue weighted by Gasteiger charge is -2.04. The molecule has 0 atom stereocenters. The zero-order valence-corrected chi connectivity index (χ0v) is 12.3. The van der Waals surface area contributed by atoms with Crippen LogP contribution in [0.4, 0.5) is 4.79 Å². The van der Waals surface area contributed by atoms with E-state index in [9.17, 15) is 9.59 Å². The van der Waals surface area contributed by atoms with E-state index in [2.05, 4.69) is 22.1 Å². The summed E-state index contributed by atoms with van der Waals surface area (Å²) in [5.74, 6) is 4.84. The molecule has 0 bridgehead atoms. The second-order valence-corrected chi connectivity index (χ2v) is 4.49. The Morgan fingerprint density at radius 1 is 1.13 bits per heavy atom. The second kappa shape index (κ2) is 8.20. The highest BCUT2D eigenvalue weighted by Gasteiger charge is 2.02. The van der Waals surface area contributed by atoms with Gasteiger partial charge < -0.3 is 15.8 Å². The molecule has 0 aliphatic heterocycles. The Kier molecular flexibility index (Phi) is 5.72. The van der Waals surface area contributed by atoms with Crippen LogP contribution in [0.15, 0.2) is 48.5 Å². The van der Waals surface area contributed by atoms with Crippen LogP contribution in [0.3, 0.4) is 0 Å². The first-order chi connectivity index (χ1) is 11.1. The molecule has 1 heterocycles. The molecule has 0 spiro atoms. The second-order valence-electron chi connectivity index (χ2n) is 4.49. The molecule has 0 unspecified atom stereocenters. The van der Waals surface area contributed by atoms with Gasteiger partial charge in [0.25, 0.3) is 5.91 Å². The maximum Gasteiger partial charge on any atom is 0.408 e. The molecule has 3 N–H and O–H groups in total. The van der Waals surface area contributed by atoms with Crippen molar-refractivity contribution in [2.45, 2.75) is 6.61 Å². The van der Waals surface area contributed by atoms with Crippen LogP contribution in [-0.2, 0) is 11.3 Å². The summed E-state index contributed by atoms with van der Waals surface area (Å²) in [6.45, 7) is 0.304. The van der Waals surface area contributed by atoms with E-state index in [1.165, 1.54) is 6.07 Å². The largest absolute Gasteiger partial charge is 0.445 e. The van der Waals surface area contributed by atoms with E-state index < -0.39 is 12.0 Å². The van der Waals surface area contributed by atoms with Gasteiger partial charge in [-0.3, -0.25) is 4.79 Å². The van der Waals surface area contributed by atoms with Crippen LogP contribution in [0.1, 0.15) is 21.7 Å². The summed E-state index contributed by atoms with van der Waals surface area (Å²) in [5, 5.41) is 2.51. The number of carbonyl (C=O) groups is 2. The molecule has 6 nitrogen and oxygen atoms in total. The number of nitrogens with zero attached hydrogens (tertiary/aromatic N) is 1. The standard InChI is InChI=1S/C17H15N3O3/c18-16(21)15-10-4-8-14(20-15)9-5-11-19-17(22)23-12-13-6-2-1-3-7-13/h1-4,6-8,10H,11-12H2,(H2,18,21)(H,19,22). The van der Waals surface area contributed by atoms with E-state index in [-0.39, 0.29) is 18.8 Å². The summed E-state index contributed by atoms with van der Waals surface area (Å²) < 4.78 is 5.04. The first-order valence-electron chi connectivity index (χ1n) is 6.85. The minimum absolute atomic E-state index is 0.107. The first kappa shape index (κ1) is 16.0. The first-order valence-corrected chi connectivity index (χ1v) is 6.85. The lowest BCUT2D eigenvalue weighted by Crippen LogP contribution is -2.24. The van der Waals surface area contributed by atoms with Crippen molar-refractivity contribution in [3.63, 3.8) is 0 Å². The summed E-state index contributed by atoms with van der Waals surface area (Å²) in [5.41, 5.74) is 6.59. The molecular formula is C17H15N3O3. The van der Waals surface area contributed by atoms with Crippen molar-refractivity contribution in [2.24, 2.45) is 5.73 Å². The Morgan fingerprint density at radius 2 is 1.91 bits per heavy atom. The number of amides is 2. The number of nitrogens with two attached hydrogens (primary N) is 1. The van der Waals surface area contributed by atoms with Crippen LogP contribution in [-0.4, -0.2) is 23.5 Å². The zero-order chi connectivity index (χ0) is 16.5. The fourth-order valence-corrected chi connectivity index (χ4v) is 1.67. The Morgan fingerprint density at radius 3 is 2.65 bits per heavy atom. The molecule has 2 rings (SSSR count). The van der Waals surface area contributed by atoms with Crippen LogP contribution in [0.5, 0.6) is 0 Å². The van der Waals surface area contributed by atoms with Crippen molar-refractivity contribution < 1.29 is 14.3 Å². The number of primary amides is 1. The molecule has 116 valence electrons. The van der Waals surface area contributed by atoms with Gasteiger partial charge in [0.1, 0.15) is 18.0 Å². The summed E-state index contributed by atoms with van der Waals surface area (Å²) >= 11 is 0. The third-order valence-corrected chi connectivity index (χ3v) is 2.75. The van der Waals surface area contributed by atoms with Gasteiger partial charge in [-0.1, -0.05) is 42.3 Å². The number of alkyl carbamates (subject to hydrolysis) is 1. The molecule has 2 amide bonds. The highest BCUT2D eigenvalue weighted by atomic mass is 16.5. The molecular weight excluding hydrogens is 294 g/mol. The number of carbonyl (C=O) groups excluding carboxylic acids is 2. The molecule has 1 aromatic heterocycles. The SMILES string of the molecule is NC(=O)c1cccc(C#CCNC(=O)OCc2ccccc2)n1. The van der Waals surface area contributed by atoms with Crippen molar-refractivity contribution in [1.29, 1.82) is 0 Å². The number of pyridine rings is 1. The van der Waals surface area contributed by atoms with Crippen molar-refractivity contribution in [2.75, 3.05) is 6.54 Å². The molecule has 23 heavy (non-hydrogen) atoms. The van der Waals surface area contributed by atoms with Crippen molar-refractivity contribution >= 4 is 12.0 Å². The Balaban J connectivity index is 1.78. The Labute approximate surface area is 133 Å². The van der Waals surface area contributed by atoms with Crippen LogP contribution in [0.2, 0.25) is 0 Å². The maximum absolute atomic E-state index is 11.5. The average molecular weight is 309 g/mol. The van der Waals surface area contributed by atoms with Crippen LogP contribution >= 0.6 is 0 Å². The molecule has 0 aliphatic rings. The van der Waals surface area contributed by atoms with Crippen LogP contribution < -0.4 is 11.1 Å². The number of benzene rings is 1. The molecule has 0 radical (unpaired) electrons. The monoisotopic (exact) mass is 309 g/mol. The predicted molar refractivity (Wildman–Crippen MR) is 84.3 cm³/mol.